The summed E-state index contributed by atoms with van der Waals surface area (Å²) in [4.78, 5) is 12.9. The summed E-state index contributed by atoms with van der Waals surface area (Å²) in [6.07, 6.45) is 1.19. The van der Waals surface area contributed by atoms with E-state index in [0.29, 0.717) is 19.4 Å². The molecule has 1 fully saturated rings. The smallest absolute Gasteiger partial charge is 0.243 e. The van der Waals surface area contributed by atoms with Crippen molar-refractivity contribution in [2.75, 3.05) is 6.54 Å². The Balaban J connectivity index is 2.35. The number of carbonyl (C=O) groups is 1. The maximum atomic E-state index is 13.0. The Bertz CT molecular complexity index is 680. The zero-order valence-electron chi connectivity index (χ0n) is 14.0. The zero-order chi connectivity index (χ0) is 17.4. The quantitative estimate of drug-likeness (QED) is 0.826. The van der Waals surface area contributed by atoms with Crippen molar-refractivity contribution in [3.8, 4) is 0 Å². The van der Waals surface area contributed by atoms with Crippen molar-refractivity contribution in [3.63, 3.8) is 0 Å². The molecule has 23 heavy (non-hydrogen) atoms. The van der Waals surface area contributed by atoms with Gasteiger partial charge in [-0.3, -0.25) is 4.79 Å². The van der Waals surface area contributed by atoms with Crippen LogP contribution in [0.4, 0.5) is 4.39 Å². The average molecular weight is 341 g/mol. The molecule has 4 nitrogen and oxygen atoms in total. The van der Waals surface area contributed by atoms with Gasteiger partial charge in [0.1, 0.15) is 5.82 Å². The van der Waals surface area contributed by atoms with E-state index in [0.717, 1.165) is 12.1 Å². The van der Waals surface area contributed by atoms with Gasteiger partial charge < -0.3 is 0 Å². The molecule has 0 saturated carbocycles. The van der Waals surface area contributed by atoms with Gasteiger partial charge in [-0.15, -0.1) is 0 Å². The van der Waals surface area contributed by atoms with Crippen LogP contribution in [0.1, 0.15) is 40.5 Å². The number of ketones is 1. The highest BCUT2D eigenvalue weighted by Gasteiger charge is 2.45. The second-order valence-corrected chi connectivity index (χ2v) is 8.86. The van der Waals surface area contributed by atoms with Gasteiger partial charge in [-0.05, 0) is 43.0 Å². The van der Waals surface area contributed by atoms with E-state index in [-0.39, 0.29) is 16.6 Å². The van der Waals surface area contributed by atoms with Crippen LogP contribution in [0, 0.1) is 17.2 Å². The lowest BCUT2D eigenvalue weighted by Crippen LogP contribution is -2.47. The number of Topliss-reactive ketones (excluding diaryl/α,β-unsaturated/α-hetero) is 1. The van der Waals surface area contributed by atoms with E-state index in [1.165, 1.54) is 16.4 Å². The zero-order valence-corrected chi connectivity index (χ0v) is 14.9. The molecule has 6 heteroatoms. The maximum Gasteiger partial charge on any atom is 0.243 e. The van der Waals surface area contributed by atoms with Gasteiger partial charge in [0.05, 0.1) is 10.9 Å². The van der Waals surface area contributed by atoms with Gasteiger partial charge in [0, 0.05) is 12.0 Å². The molecule has 0 aromatic heterocycles. The van der Waals surface area contributed by atoms with Crippen molar-refractivity contribution in [2.24, 2.45) is 11.3 Å². The van der Waals surface area contributed by atoms with E-state index in [4.69, 9.17) is 0 Å². The standard InChI is InChI=1S/C17H24FNO3S/c1-12(2)17(3,4)16(20)15-6-5-11-19(15)23(21,22)14-9-7-13(18)8-10-14/h7-10,12,15H,5-6,11H2,1-4H3. The molecule has 1 heterocycles. The highest BCUT2D eigenvalue weighted by atomic mass is 32.2. The van der Waals surface area contributed by atoms with E-state index < -0.39 is 27.3 Å². The fraction of sp³-hybridized carbons (Fsp3) is 0.588. The normalized spacial score (nSPS) is 20.2. The molecule has 128 valence electrons. The summed E-state index contributed by atoms with van der Waals surface area (Å²) in [5, 5.41) is 0. The van der Waals surface area contributed by atoms with Crippen molar-refractivity contribution in [2.45, 2.75) is 51.5 Å². The summed E-state index contributed by atoms with van der Waals surface area (Å²) in [5.74, 6) is -0.416. The van der Waals surface area contributed by atoms with Gasteiger partial charge in [-0.25, -0.2) is 12.8 Å². The Morgan fingerprint density at radius 1 is 1.26 bits per heavy atom. The first kappa shape index (κ1) is 18.1. The second kappa shape index (κ2) is 6.32. The SMILES string of the molecule is CC(C)C(C)(C)C(=O)C1CCCN1S(=O)(=O)c1ccc(F)cc1. The van der Waals surface area contributed by atoms with Crippen LogP contribution in [0.5, 0.6) is 0 Å². The first-order valence-corrected chi connectivity index (χ1v) is 9.34. The van der Waals surface area contributed by atoms with Gasteiger partial charge in [-0.1, -0.05) is 27.7 Å². The summed E-state index contributed by atoms with van der Waals surface area (Å²) >= 11 is 0. The fourth-order valence-corrected chi connectivity index (χ4v) is 4.40. The molecule has 1 unspecified atom stereocenters. The van der Waals surface area contributed by atoms with E-state index in [2.05, 4.69) is 0 Å². The number of hydrogen-bond donors (Lipinski definition) is 0. The number of carbonyl (C=O) groups excluding carboxylic acids is 1. The average Bonchev–Trinajstić information content (AvgIpc) is 2.96. The van der Waals surface area contributed by atoms with Crippen LogP contribution in [0.15, 0.2) is 29.2 Å². The van der Waals surface area contributed by atoms with E-state index >= 15 is 0 Å². The van der Waals surface area contributed by atoms with Crippen LogP contribution in [0.3, 0.4) is 0 Å². The van der Waals surface area contributed by atoms with E-state index in [9.17, 15) is 17.6 Å². The highest BCUT2D eigenvalue weighted by molar-refractivity contribution is 7.89. The predicted molar refractivity (Wildman–Crippen MR) is 86.9 cm³/mol. The molecular formula is C17H24FNO3S. The first-order valence-electron chi connectivity index (χ1n) is 7.90. The Kier molecular flexibility index (Phi) is 4.97. The van der Waals surface area contributed by atoms with Crippen molar-refractivity contribution < 1.29 is 17.6 Å². The van der Waals surface area contributed by atoms with Crippen LogP contribution in [0.2, 0.25) is 0 Å². The van der Waals surface area contributed by atoms with Crippen molar-refractivity contribution >= 4 is 15.8 Å². The minimum Gasteiger partial charge on any atom is -0.297 e. The highest BCUT2D eigenvalue weighted by Crippen LogP contribution is 2.35. The summed E-state index contributed by atoms with van der Waals surface area (Å²) in [6, 6.07) is 4.11. The van der Waals surface area contributed by atoms with Gasteiger partial charge in [0.25, 0.3) is 0 Å². The molecule has 0 spiro atoms. The van der Waals surface area contributed by atoms with Crippen LogP contribution in [0.25, 0.3) is 0 Å². The number of benzene rings is 1. The minimum absolute atomic E-state index is 0.0287. The third kappa shape index (κ3) is 3.33. The monoisotopic (exact) mass is 341 g/mol. The molecule has 0 radical (unpaired) electrons. The third-order valence-electron chi connectivity index (χ3n) is 5.00. The van der Waals surface area contributed by atoms with Crippen molar-refractivity contribution in [1.82, 2.24) is 4.31 Å². The van der Waals surface area contributed by atoms with Crippen LogP contribution >= 0.6 is 0 Å². The number of rotatable bonds is 5. The molecule has 1 aliphatic rings. The molecule has 1 saturated heterocycles. The first-order chi connectivity index (χ1) is 10.6. The molecular weight excluding hydrogens is 317 g/mol. The largest absolute Gasteiger partial charge is 0.297 e. The molecule has 0 aliphatic carbocycles. The Hall–Kier alpha value is -1.27. The lowest BCUT2D eigenvalue weighted by atomic mass is 9.75. The van der Waals surface area contributed by atoms with Crippen LogP contribution in [-0.2, 0) is 14.8 Å². The second-order valence-electron chi connectivity index (χ2n) is 6.97. The van der Waals surface area contributed by atoms with Crippen LogP contribution in [-0.4, -0.2) is 31.1 Å². The van der Waals surface area contributed by atoms with Crippen molar-refractivity contribution in [1.29, 1.82) is 0 Å². The Labute approximate surface area is 137 Å². The van der Waals surface area contributed by atoms with E-state index in [1.807, 2.05) is 27.7 Å². The Morgan fingerprint density at radius 2 is 1.83 bits per heavy atom. The van der Waals surface area contributed by atoms with Crippen molar-refractivity contribution in [3.05, 3.63) is 30.1 Å². The lowest BCUT2D eigenvalue weighted by molar-refractivity contribution is -0.132. The fourth-order valence-electron chi connectivity index (χ4n) is 2.75. The Morgan fingerprint density at radius 3 is 2.35 bits per heavy atom. The summed E-state index contributed by atoms with van der Waals surface area (Å²) in [6.45, 7) is 7.98. The molecule has 0 bridgehead atoms. The molecule has 1 aliphatic heterocycles. The molecule has 1 aromatic rings. The van der Waals surface area contributed by atoms with Gasteiger partial charge >= 0.3 is 0 Å². The van der Waals surface area contributed by atoms with Gasteiger partial charge in [0.2, 0.25) is 10.0 Å². The van der Waals surface area contributed by atoms with Gasteiger partial charge in [-0.2, -0.15) is 4.31 Å². The number of sulfonamides is 1. The number of halogens is 1. The molecule has 0 amide bonds. The summed E-state index contributed by atoms with van der Waals surface area (Å²) in [7, 11) is -3.79. The summed E-state index contributed by atoms with van der Waals surface area (Å²) in [5.41, 5.74) is -0.592. The third-order valence-corrected chi connectivity index (χ3v) is 6.93. The molecule has 0 N–H and O–H groups in total. The minimum atomic E-state index is -3.79. The lowest BCUT2D eigenvalue weighted by Gasteiger charge is -2.33. The number of nitrogens with zero attached hydrogens (tertiary/aromatic N) is 1. The number of hydrogen-bond acceptors (Lipinski definition) is 3. The molecule has 1 atom stereocenters. The summed E-state index contributed by atoms with van der Waals surface area (Å²) < 4.78 is 39.9. The predicted octanol–water partition coefficient (Wildman–Crippen LogP) is 3.23. The van der Waals surface area contributed by atoms with Crippen LogP contribution < -0.4 is 0 Å². The topological polar surface area (TPSA) is 54.5 Å². The molecule has 2 rings (SSSR count). The van der Waals surface area contributed by atoms with E-state index in [1.54, 1.807) is 0 Å². The molecule has 1 aromatic carbocycles. The maximum absolute atomic E-state index is 13.0. The van der Waals surface area contributed by atoms with Gasteiger partial charge in [0.15, 0.2) is 5.78 Å².